The molecule has 0 saturated heterocycles. The monoisotopic (exact) mass is 287 g/mol. The topological polar surface area (TPSA) is 81.2 Å². The van der Waals surface area contributed by atoms with Crippen molar-refractivity contribution in [2.75, 3.05) is 6.54 Å². The van der Waals surface area contributed by atoms with Crippen LogP contribution in [-0.2, 0) is 12.8 Å². The molecule has 1 heterocycles. The number of rotatable bonds is 7. The lowest BCUT2D eigenvalue weighted by Crippen LogP contribution is -2.33. The van der Waals surface area contributed by atoms with Gasteiger partial charge in [0.05, 0.1) is 0 Å². The van der Waals surface area contributed by atoms with E-state index in [0.29, 0.717) is 24.6 Å². The molecule has 2 rings (SSSR count). The fourth-order valence-corrected chi connectivity index (χ4v) is 2.05. The van der Waals surface area contributed by atoms with E-state index in [1.807, 2.05) is 25.1 Å². The Bertz CT molecular complexity index is 566. The third kappa shape index (κ3) is 4.72. The second kappa shape index (κ2) is 7.59. The van der Waals surface area contributed by atoms with Crippen molar-refractivity contribution in [3.8, 4) is 0 Å². The van der Waals surface area contributed by atoms with Crippen LogP contribution in [-0.4, -0.2) is 23.5 Å². The van der Waals surface area contributed by atoms with Crippen LogP contribution in [0, 0.1) is 0 Å². The number of benzene rings is 1. The highest BCUT2D eigenvalue weighted by molar-refractivity contribution is 5.92. The predicted octanol–water partition coefficient (Wildman–Crippen LogP) is 1.93. The number of nitrogens with zero attached hydrogens (tertiary/aromatic N) is 1. The number of oxazole rings is 1. The maximum atomic E-state index is 12.0. The summed E-state index contributed by atoms with van der Waals surface area (Å²) in [7, 11) is 0. The quantitative estimate of drug-likeness (QED) is 0.815. The van der Waals surface area contributed by atoms with Crippen molar-refractivity contribution in [3.05, 3.63) is 53.7 Å². The molecule has 2 aromatic rings. The molecule has 5 nitrogen and oxygen atoms in total. The van der Waals surface area contributed by atoms with Gasteiger partial charge in [-0.3, -0.25) is 4.79 Å². The number of aromatic nitrogens is 1. The fourth-order valence-electron chi connectivity index (χ4n) is 2.05. The van der Waals surface area contributed by atoms with Crippen LogP contribution in [0.25, 0.3) is 0 Å². The van der Waals surface area contributed by atoms with Crippen LogP contribution in [0.5, 0.6) is 0 Å². The van der Waals surface area contributed by atoms with Gasteiger partial charge >= 0.3 is 0 Å². The normalized spacial score (nSPS) is 12.1. The third-order valence-corrected chi connectivity index (χ3v) is 3.23. The standard InChI is InChI=1S/C16H21N3O2/c1-12(7-8-13-5-3-2-4-6-13)18-16(20)14-11-21-15(19-14)9-10-17/h2-6,11-12H,7-10,17H2,1H3,(H,18,20). The molecule has 0 bridgehead atoms. The lowest BCUT2D eigenvalue weighted by molar-refractivity contribution is 0.0933. The molecular formula is C16H21N3O2. The van der Waals surface area contributed by atoms with Crippen LogP contribution in [0.2, 0.25) is 0 Å². The summed E-state index contributed by atoms with van der Waals surface area (Å²) >= 11 is 0. The van der Waals surface area contributed by atoms with E-state index in [1.165, 1.54) is 11.8 Å². The van der Waals surface area contributed by atoms with Gasteiger partial charge in [0.2, 0.25) is 0 Å². The first kappa shape index (κ1) is 15.3. The van der Waals surface area contributed by atoms with Crippen molar-refractivity contribution in [1.82, 2.24) is 10.3 Å². The molecule has 21 heavy (non-hydrogen) atoms. The highest BCUT2D eigenvalue weighted by Gasteiger charge is 2.14. The zero-order valence-electron chi connectivity index (χ0n) is 12.2. The Balaban J connectivity index is 1.81. The lowest BCUT2D eigenvalue weighted by Gasteiger charge is -2.12. The molecule has 1 atom stereocenters. The zero-order valence-corrected chi connectivity index (χ0v) is 12.2. The summed E-state index contributed by atoms with van der Waals surface area (Å²) < 4.78 is 5.19. The van der Waals surface area contributed by atoms with Crippen LogP contribution in [0.4, 0.5) is 0 Å². The molecule has 1 amide bonds. The SMILES string of the molecule is CC(CCc1ccccc1)NC(=O)c1coc(CCN)n1. The third-order valence-electron chi connectivity index (χ3n) is 3.23. The van der Waals surface area contributed by atoms with Crippen molar-refractivity contribution in [3.63, 3.8) is 0 Å². The molecule has 1 aromatic heterocycles. The summed E-state index contributed by atoms with van der Waals surface area (Å²) in [5.41, 5.74) is 7.00. The number of amides is 1. The molecule has 0 fully saturated rings. The Hall–Kier alpha value is -2.14. The summed E-state index contributed by atoms with van der Waals surface area (Å²) in [5, 5.41) is 2.93. The molecule has 3 N–H and O–H groups in total. The Kier molecular flexibility index (Phi) is 5.51. The molecule has 1 aromatic carbocycles. The smallest absolute Gasteiger partial charge is 0.273 e. The Morgan fingerprint density at radius 2 is 2.10 bits per heavy atom. The van der Waals surface area contributed by atoms with Crippen LogP contribution >= 0.6 is 0 Å². The second-order valence-corrected chi connectivity index (χ2v) is 5.06. The number of hydrogen-bond donors (Lipinski definition) is 2. The van der Waals surface area contributed by atoms with Gasteiger partial charge in [0.1, 0.15) is 6.26 Å². The van der Waals surface area contributed by atoms with Gasteiger partial charge in [-0.15, -0.1) is 0 Å². The molecule has 112 valence electrons. The first-order chi connectivity index (χ1) is 10.2. The van der Waals surface area contributed by atoms with Crippen LogP contribution in [0.1, 0.15) is 35.3 Å². The molecule has 0 saturated carbocycles. The van der Waals surface area contributed by atoms with Crippen molar-refractivity contribution in [2.45, 2.75) is 32.2 Å². The Morgan fingerprint density at radius 1 is 1.33 bits per heavy atom. The average Bonchev–Trinajstić information content (AvgIpc) is 2.95. The van der Waals surface area contributed by atoms with E-state index in [4.69, 9.17) is 10.2 Å². The van der Waals surface area contributed by atoms with Gasteiger partial charge in [0.15, 0.2) is 11.6 Å². The van der Waals surface area contributed by atoms with E-state index in [2.05, 4.69) is 22.4 Å². The van der Waals surface area contributed by atoms with Crippen molar-refractivity contribution < 1.29 is 9.21 Å². The first-order valence-electron chi connectivity index (χ1n) is 7.18. The maximum absolute atomic E-state index is 12.0. The summed E-state index contributed by atoms with van der Waals surface area (Å²) in [6, 6.07) is 10.3. The minimum absolute atomic E-state index is 0.0763. The zero-order chi connectivity index (χ0) is 15.1. The average molecular weight is 287 g/mol. The van der Waals surface area contributed by atoms with Crippen molar-refractivity contribution >= 4 is 5.91 Å². The number of nitrogens with two attached hydrogens (primary N) is 1. The Labute approximate surface area is 124 Å². The highest BCUT2D eigenvalue weighted by Crippen LogP contribution is 2.06. The van der Waals surface area contributed by atoms with Gasteiger partial charge in [0, 0.05) is 19.0 Å². The molecule has 0 aliphatic carbocycles. The second-order valence-electron chi connectivity index (χ2n) is 5.06. The van der Waals surface area contributed by atoms with Crippen LogP contribution in [0.15, 0.2) is 41.0 Å². The van der Waals surface area contributed by atoms with Crippen molar-refractivity contribution in [1.29, 1.82) is 0 Å². The van der Waals surface area contributed by atoms with Crippen LogP contribution in [0.3, 0.4) is 0 Å². The van der Waals surface area contributed by atoms with E-state index >= 15 is 0 Å². The van der Waals surface area contributed by atoms with Gasteiger partial charge in [-0.25, -0.2) is 4.98 Å². The number of nitrogens with one attached hydrogen (secondary N) is 1. The molecular weight excluding hydrogens is 266 g/mol. The lowest BCUT2D eigenvalue weighted by atomic mass is 10.1. The van der Waals surface area contributed by atoms with Gasteiger partial charge in [0.25, 0.3) is 5.91 Å². The van der Waals surface area contributed by atoms with E-state index in [-0.39, 0.29) is 11.9 Å². The number of aryl methyl sites for hydroxylation is 1. The van der Waals surface area contributed by atoms with Gasteiger partial charge < -0.3 is 15.5 Å². The molecule has 0 spiro atoms. The van der Waals surface area contributed by atoms with Gasteiger partial charge in [-0.05, 0) is 25.3 Å². The largest absolute Gasteiger partial charge is 0.448 e. The number of carbonyl (C=O) groups is 1. The Morgan fingerprint density at radius 3 is 2.81 bits per heavy atom. The van der Waals surface area contributed by atoms with Gasteiger partial charge in [-0.1, -0.05) is 30.3 Å². The van der Waals surface area contributed by atoms with Crippen LogP contribution < -0.4 is 11.1 Å². The molecule has 0 radical (unpaired) electrons. The summed E-state index contributed by atoms with van der Waals surface area (Å²) in [4.78, 5) is 16.1. The minimum Gasteiger partial charge on any atom is -0.448 e. The van der Waals surface area contributed by atoms with E-state index in [0.717, 1.165) is 12.8 Å². The first-order valence-corrected chi connectivity index (χ1v) is 7.18. The predicted molar refractivity (Wildman–Crippen MR) is 81.0 cm³/mol. The number of carbonyl (C=O) groups excluding carboxylic acids is 1. The minimum atomic E-state index is -0.206. The molecule has 0 aliphatic heterocycles. The van der Waals surface area contributed by atoms with E-state index in [1.54, 1.807) is 0 Å². The summed E-state index contributed by atoms with van der Waals surface area (Å²) in [6.45, 7) is 2.44. The fraction of sp³-hybridized carbons (Fsp3) is 0.375. The maximum Gasteiger partial charge on any atom is 0.273 e. The number of hydrogen-bond acceptors (Lipinski definition) is 4. The highest BCUT2D eigenvalue weighted by atomic mass is 16.3. The van der Waals surface area contributed by atoms with E-state index in [9.17, 15) is 4.79 Å². The molecule has 0 aliphatic rings. The summed E-state index contributed by atoms with van der Waals surface area (Å²) in [5.74, 6) is 0.294. The summed E-state index contributed by atoms with van der Waals surface area (Å²) in [6.07, 6.45) is 3.73. The van der Waals surface area contributed by atoms with Gasteiger partial charge in [-0.2, -0.15) is 0 Å². The van der Waals surface area contributed by atoms with Crippen molar-refractivity contribution in [2.24, 2.45) is 5.73 Å². The molecule has 5 heteroatoms. The molecule has 1 unspecified atom stereocenters. The van der Waals surface area contributed by atoms with E-state index < -0.39 is 0 Å².